The van der Waals surface area contributed by atoms with Gasteiger partial charge in [0.2, 0.25) is 0 Å². The molecule has 1 N–H and O–H groups in total. The molecule has 2 atom stereocenters. The van der Waals surface area contributed by atoms with Crippen molar-refractivity contribution in [3.63, 3.8) is 0 Å². The zero-order valence-electron chi connectivity index (χ0n) is 17.4. The van der Waals surface area contributed by atoms with Crippen LogP contribution in [0, 0.1) is 0 Å². The van der Waals surface area contributed by atoms with E-state index >= 15 is 0 Å². The molecule has 3 rings (SSSR count). The van der Waals surface area contributed by atoms with Crippen molar-refractivity contribution in [3.05, 3.63) is 60.7 Å². The highest BCUT2D eigenvalue weighted by molar-refractivity contribution is 6.99. The van der Waals surface area contributed by atoms with Gasteiger partial charge in [-0.05, 0) is 21.8 Å². The van der Waals surface area contributed by atoms with Crippen LogP contribution in [0.25, 0.3) is 0 Å². The van der Waals surface area contributed by atoms with Gasteiger partial charge < -0.3 is 14.5 Å². The molecule has 2 aromatic rings. The Labute approximate surface area is 173 Å². The smallest absolute Gasteiger partial charge is 0.261 e. The number of hydrogen-bond acceptors (Lipinski definition) is 3. The van der Waals surface area contributed by atoms with Gasteiger partial charge in [0.05, 0.1) is 19.3 Å². The van der Waals surface area contributed by atoms with Crippen LogP contribution in [0.15, 0.2) is 60.7 Å². The van der Waals surface area contributed by atoms with Crippen LogP contribution in [-0.4, -0.2) is 46.6 Å². The number of ether oxygens (including phenoxy) is 1. The molecular weight excluding hydrogens is 388 g/mol. The van der Waals surface area contributed by atoms with Crippen LogP contribution in [0.4, 0.5) is 8.78 Å². The third kappa shape index (κ3) is 4.94. The minimum Gasteiger partial charge on any atom is -0.406 e. The lowest BCUT2D eigenvalue weighted by Crippen LogP contribution is -2.67. The molecule has 1 aliphatic heterocycles. The van der Waals surface area contributed by atoms with E-state index in [9.17, 15) is 8.78 Å². The van der Waals surface area contributed by atoms with E-state index < -0.39 is 20.8 Å². The first-order valence-corrected chi connectivity index (χ1v) is 12.1. The molecule has 1 fully saturated rings. The Morgan fingerprint density at radius 1 is 1.03 bits per heavy atom. The summed E-state index contributed by atoms with van der Waals surface area (Å²) in [5, 5.41) is 5.01. The largest absolute Gasteiger partial charge is 0.406 e. The molecule has 1 saturated heterocycles. The molecule has 1 unspecified atom stereocenters. The number of halogens is 2. The highest BCUT2D eigenvalue weighted by atomic mass is 28.4. The van der Waals surface area contributed by atoms with E-state index in [1.54, 1.807) is 0 Å². The van der Waals surface area contributed by atoms with Gasteiger partial charge in [-0.15, -0.1) is 0 Å². The lowest BCUT2D eigenvalue weighted by atomic mass is 10.2. The number of alkyl halides is 2. The summed E-state index contributed by atoms with van der Waals surface area (Å²) in [5.74, 6) is 0. The molecule has 0 spiro atoms. The van der Waals surface area contributed by atoms with Crippen molar-refractivity contribution >= 4 is 18.7 Å². The van der Waals surface area contributed by atoms with Gasteiger partial charge in [-0.2, -0.15) is 0 Å². The molecule has 158 valence electrons. The van der Waals surface area contributed by atoms with Crippen molar-refractivity contribution in [2.75, 3.05) is 19.8 Å². The molecule has 6 heteroatoms. The van der Waals surface area contributed by atoms with E-state index in [-0.39, 0.29) is 17.7 Å². The van der Waals surface area contributed by atoms with E-state index in [4.69, 9.17) is 9.16 Å². The number of nitrogens with one attached hydrogen (secondary N) is 1. The average molecular weight is 420 g/mol. The molecule has 0 radical (unpaired) electrons. The molecule has 0 saturated carbocycles. The van der Waals surface area contributed by atoms with E-state index in [1.807, 2.05) is 36.4 Å². The first-order valence-electron chi connectivity index (χ1n) is 10.2. The second kappa shape index (κ2) is 9.47. The predicted octanol–water partition coefficient (Wildman–Crippen LogP) is 3.58. The summed E-state index contributed by atoms with van der Waals surface area (Å²) >= 11 is 0. The first-order chi connectivity index (χ1) is 13.8. The maximum atomic E-state index is 13.9. The van der Waals surface area contributed by atoms with Crippen LogP contribution in [0.5, 0.6) is 0 Å². The summed E-state index contributed by atoms with van der Waals surface area (Å²) in [5.41, 5.74) is 0. The summed E-state index contributed by atoms with van der Waals surface area (Å²) in [7, 11) is -2.82. The fourth-order valence-electron chi connectivity index (χ4n) is 4.14. The highest BCUT2D eigenvalue weighted by Gasteiger charge is 2.50. The van der Waals surface area contributed by atoms with Gasteiger partial charge in [0, 0.05) is 12.6 Å². The zero-order chi connectivity index (χ0) is 20.9. The lowest BCUT2D eigenvalue weighted by Gasteiger charge is -2.43. The summed E-state index contributed by atoms with van der Waals surface area (Å²) in [6.07, 6.45) is -1.75. The average Bonchev–Trinajstić information content (AvgIpc) is 3.21. The maximum absolute atomic E-state index is 13.9. The van der Waals surface area contributed by atoms with E-state index in [2.05, 4.69) is 50.4 Å². The SMILES string of the molecule is CC(C)(C)[Si](OC[C@@H](NC1CCOC1)C(F)F)(c1ccccc1)c1ccccc1. The van der Waals surface area contributed by atoms with Gasteiger partial charge in [0.15, 0.2) is 0 Å². The highest BCUT2D eigenvalue weighted by Crippen LogP contribution is 2.37. The Balaban J connectivity index is 1.96. The second-order valence-electron chi connectivity index (χ2n) is 8.64. The van der Waals surface area contributed by atoms with E-state index in [0.29, 0.717) is 13.2 Å². The Bertz CT molecular complexity index is 707. The molecule has 0 aromatic heterocycles. The van der Waals surface area contributed by atoms with E-state index in [1.165, 1.54) is 0 Å². The molecule has 0 aliphatic carbocycles. The number of rotatable bonds is 8. The fourth-order valence-corrected chi connectivity index (χ4v) is 8.72. The fraction of sp³-hybridized carbons (Fsp3) is 0.478. The maximum Gasteiger partial charge on any atom is 0.261 e. The van der Waals surface area contributed by atoms with Crippen molar-refractivity contribution in [1.82, 2.24) is 5.32 Å². The Morgan fingerprint density at radius 2 is 1.59 bits per heavy atom. The molecule has 29 heavy (non-hydrogen) atoms. The van der Waals surface area contributed by atoms with Gasteiger partial charge in [-0.1, -0.05) is 81.4 Å². The summed E-state index contributed by atoms with van der Waals surface area (Å²) in [4.78, 5) is 0. The molecule has 2 aromatic carbocycles. The second-order valence-corrected chi connectivity index (χ2v) is 12.9. The van der Waals surface area contributed by atoms with Crippen molar-refractivity contribution in [2.24, 2.45) is 0 Å². The zero-order valence-corrected chi connectivity index (χ0v) is 18.4. The van der Waals surface area contributed by atoms with Gasteiger partial charge >= 0.3 is 0 Å². The van der Waals surface area contributed by atoms with Gasteiger partial charge in [0.1, 0.15) is 0 Å². The van der Waals surface area contributed by atoms with Crippen LogP contribution >= 0.6 is 0 Å². The molecule has 0 bridgehead atoms. The third-order valence-electron chi connectivity index (χ3n) is 5.58. The van der Waals surface area contributed by atoms with Crippen molar-refractivity contribution in [3.8, 4) is 0 Å². The van der Waals surface area contributed by atoms with Crippen LogP contribution < -0.4 is 15.7 Å². The third-order valence-corrected chi connectivity index (χ3v) is 10.6. The van der Waals surface area contributed by atoms with Crippen LogP contribution in [0.2, 0.25) is 5.04 Å². The van der Waals surface area contributed by atoms with Gasteiger partial charge in [-0.3, -0.25) is 0 Å². The Hall–Kier alpha value is -1.60. The van der Waals surface area contributed by atoms with Crippen LogP contribution in [-0.2, 0) is 9.16 Å². The summed E-state index contributed by atoms with van der Waals surface area (Å²) in [6.45, 7) is 7.49. The van der Waals surface area contributed by atoms with Crippen molar-refractivity contribution in [1.29, 1.82) is 0 Å². The Morgan fingerprint density at radius 3 is 2.00 bits per heavy atom. The predicted molar refractivity (Wildman–Crippen MR) is 116 cm³/mol. The topological polar surface area (TPSA) is 30.5 Å². The minimum atomic E-state index is -2.82. The van der Waals surface area contributed by atoms with Crippen molar-refractivity contribution < 1.29 is 17.9 Å². The Kier molecular flexibility index (Phi) is 7.22. The standard InChI is InChI=1S/C23H31F2NO2Si/c1-23(2,3)29(19-10-6-4-7-11-19,20-12-8-5-9-13-20)28-17-21(22(24)25)26-18-14-15-27-16-18/h4-13,18,21-22,26H,14-17H2,1-3H3/t18?,21-/m1/s1. The quantitative estimate of drug-likeness (QED) is 0.664. The lowest BCUT2D eigenvalue weighted by molar-refractivity contribution is 0.0614. The van der Waals surface area contributed by atoms with Crippen LogP contribution in [0.1, 0.15) is 27.2 Å². The molecule has 3 nitrogen and oxygen atoms in total. The summed E-state index contributed by atoms with van der Waals surface area (Å²) < 4.78 is 39.7. The molecule has 1 heterocycles. The molecular formula is C23H31F2NO2Si. The first kappa shape index (κ1) is 22.1. The molecule has 0 amide bonds. The monoisotopic (exact) mass is 419 g/mol. The normalized spacial score (nSPS) is 18.9. The minimum absolute atomic E-state index is 0.0402. The number of hydrogen-bond donors (Lipinski definition) is 1. The number of benzene rings is 2. The van der Waals surface area contributed by atoms with E-state index in [0.717, 1.165) is 16.8 Å². The van der Waals surface area contributed by atoms with Crippen LogP contribution in [0.3, 0.4) is 0 Å². The van der Waals surface area contributed by atoms with Gasteiger partial charge in [0.25, 0.3) is 14.7 Å². The van der Waals surface area contributed by atoms with Crippen molar-refractivity contribution in [2.45, 2.75) is 50.7 Å². The molecule has 1 aliphatic rings. The van der Waals surface area contributed by atoms with Gasteiger partial charge in [-0.25, -0.2) is 8.78 Å². The summed E-state index contributed by atoms with van der Waals surface area (Å²) in [6, 6.07) is 19.1.